The van der Waals surface area contributed by atoms with Crippen molar-refractivity contribution >= 4 is 3.26 Å². The molecule has 228 valence electrons. The van der Waals surface area contributed by atoms with E-state index >= 15 is 0 Å². The van der Waals surface area contributed by atoms with Gasteiger partial charge in [0.2, 0.25) is 0 Å². The van der Waals surface area contributed by atoms with Gasteiger partial charge in [0.15, 0.2) is 0 Å². The zero-order valence-electron chi connectivity index (χ0n) is 27.0. The summed E-state index contributed by atoms with van der Waals surface area (Å²) in [5, 5.41) is 0. The molecular weight excluding hydrogens is 742 g/mol. The van der Waals surface area contributed by atoms with Gasteiger partial charge in [0.25, 0.3) is 0 Å². The standard InChI is InChI=1S/C21H25.C15H14.C5H5.2ClH.Hf/c1-20(2,3)16-7-9-18-14(12-16)11-15-13-17(21(4,5)6)8-10-19(15)18;1-3-8-14(9-4-1)12-7-13-15-10-5-2-6-11-15;1-2-4-5-3-1;;;/h7-10,12H,11H2,1-6H3;1-6,8-11H,12-13H2;1-3H,4H2;2*1H;/q-1;;-1;;;+2/p-2. The molecule has 4 aromatic carbocycles. The summed E-state index contributed by atoms with van der Waals surface area (Å²) >= 11 is 1.18. The van der Waals surface area contributed by atoms with Crippen molar-refractivity contribution in [3.63, 3.8) is 0 Å². The molecule has 6 rings (SSSR count). The Kier molecular flexibility index (Phi) is 15.0. The van der Waals surface area contributed by atoms with E-state index in [0.717, 1.165) is 25.7 Å². The summed E-state index contributed by atoms with van der Waals surface area (Å²) in [4.78, 5) is 0. The normalized spacial score (nSPS) is 12.4. The van der Waals surface area contributed by atoms with Gasteiger partial charge in [-0.25, -0.2) is 12.2 Å². The molecule has 0 amide bonds. The number of allylic oxidation sites excluding steroid dienone is 4. The predicted octanol–water partition coefficient (Wildman–Crippen LogP) is 4.16. The van der Waals surface area contributed by atoms with Gasteiger partial charge in [-0.3, -0.25) is 6.08 Å². The molecule has 2 aliphatic rings. The van der Waals surface area contributed by atoms with Gasteiger partial charge in [-0.2, -0.15) is 29.8 Å². The Labute approximate surface area is 294 Å². The second kappa shape index (κ2) is 17.4. The molecule has 3 heteroatoms. The third-order valence-electron chi connectivity index (χ3n) is 7.57. The van der Waals surface area contributed by atoms with Crippen LogP contribution in [-0.4, -0.2) is 3.26 Å². The number of hydrogen-bond donors (Lipinski definition) is 0. The number of rotatable bonds is 4. The molecular formula is C41H44Cl2Hf-2. The first-order chi connectivity index (χ1) is 20.0. The fraction of sp³-hybridized carbons (Fsp3) is 0.293. The summed E-state index contributed by atoms with van der Waals surface area (Å²) in [5.74, 6) is 0. The average molecular weight is 786 g/mol. The van der Waals surface area contributed by atoms with Crippen LogP contribution in [0.15, 0.2) is 109 Å². The second-order valence-corrected chi connectivity index (χ2v) is 15.8. The molecule has 0 spiro atoms. The van der Waals surface area contributed by atoms with Gasteiger partial charge >= 0.3 is 112 Å². The van der Waals surface area contributed by atoms with Crippen LogP contribution in [-0.2, 0) is 54.0 Å². The molecule has 0 atom stereocenters. The minimum absolute atomic E-state index is 0. The molecule has 0 bridgehead atoms. The Bertz CT molecular complexity index is 1420. The molecule has 0 saturated carbocycles. The summed E-state index contributed by atoms with van der Waals surface area (Å²) in [6.45, 7) is 13.6. The zero-order valence-corrected chi connectivity index (χ0v) is 32.1. The van der Waals surface area contributed by atoms with Gasteiger partial charge in [0.1, 0.15) is 0 Å². The summed E-state index contributed by atoms with van der Waals surface area (Å²) in [6.07, 6.45) is 13.3. The van der Waals surface area contributed by atoms with Crippen LogP contribution >= 0.6 is 0 Å². The first-order valence-electron chi connectivity index (χ1n) is 15.1. The fourth-order valence-electron chi connectivity index (χ4n) is 5.11. The van der Waals surface area contributed by atoms with Crippen molar-refractivity contribution in [2.75, 3.05) is 0 Å². The van der Waals surface area contributed by atoms with Crippen LogP contribution < -0.4 is 24.8 Å². The minimum atomic E-state index is 0. The van der Waals surface area contributed by atoms with Gasteiger partial charge in [-0.1, -0.05) is 65.3 Å². The Morgan fingerprint density at radius 3 is 1.73 bits per heavy atom. The van der Waals surface area contributed by atoms with Crippen molar-refractivity contribution in [3.05, 3.63) is 155 Å². The number of benzene rings is 4. The maximum absolute atomic E-state index is 3.67. The molecule has 0 radical (unpaired) electrons. The molecule has 2 aliphatic carbocycles. The van der Waals surface area contributed by atoms with Crippen LogP contribution in [0.4, 0.5) is 0 Å². The van der Waals surface area contributed by atoms with E-state index in [1.807, 2.05) is 12.2 Å². The molecule has 0 heterocycles. The predicted molar refractivity (Wildman–Crippen MR) is 178 cm³/mol. The second-order valence-electron chi connectivity index (χ2n) is 13.2. The topological polar surface area (TPSA) is 0 Å². The quantitative estimate of drug-likeness (QED) is 0.190. The number of halogens is 2. The van der Waals surface area contributed by atoms with Crippen LogP contribution in [0.2, 0.25) is 0 Å². The Hall–Kier alpha value is -2.32. The van der Waals surface area contributed by atoms with Crippen LogP contribution in [0, 0.1) is 12.1 Å². The van der Waals surface area contributed by atoms with Gasteiger partial charge in [-0.05, 0) is 28.4 Å². The van der Waals surface area contributed by atoms with E-state index in [1.165, 1.54) is 68.4 Å². The van der Waals surface area contributed by atoms with E-state index in [4.69, 9.17) is 0 Å². The van der Waals surface area contributed by atoms with E-state index in [2.05, 4.69) is 151 Å². The molecule has 0 fully saturated rings. The zero-order chi connectivity index (χ0) is 30.2. The molecule has 0 aliphatic heterocycles. The molecule has 0 unspecified atom stereocenters. The molecule has 0 aromatic heterocycles. The molecule has 0 saturated heterocycles. The van der Waals surface area contributed by atoms with Gasteiger partial charge in [-0.15, -0.1) is 17.5 Å². The van der Waals surface area contributed by atoms with Crippen molar-refractivity contribution in [1.29, 1.82) is 0 Å². The first kappa shape index (κ1) is 37.9. The molecule has 0 N–H and O–H groups in total. The van der Waals surface area contributed by atoms with Crippen LogP contribution in [0.1, 0.15) is 81.3 Å². The van der Waals surface area contributed by atoms with Crippen molar-refractivity contribution < 1.29 is 48.7 Å². The van der Waals surface area contributed by atoms with Crippen LogP contribution in [0.3, 0.4) is 0 Å². The average Bonchev–Trinajstić information content (AvgIpc) is 3.65. The van der Waals surface area contributed by atoms with E-state index < -0.39 is 0 Å². The Balaban J connectivity index is 0.000000260. The van der Waals surface area contributed by atoms with Crippen LogP contribution in [0.5, 0.6) is 0 Å². The van der Waals surface area contributed by atoms with E-state index in [9.17, 15) is 0 Å². The van der Waals surface area contributed by atoms with Crippen molar-refractivity contribution in [3.8, 4) is 11.1 Å². The van der Waals surface area contributed by atoms with Crippen LogP contribution in [0.25, 0.3) is 11.1 Å². The fourth-order valence-corrected chi connectivity index (χ4v) is 6.58. The Morgan fingerprint density at radius 2 is 1.27 bits per heavy atom. The maximum atomic E-state index is 3.67. The number of hydrogen-bond acceptors (Lipinski definition) is 0. The summed E-state index contributed by atoms with van der Waals surface area (Å²) < 4.78 is 1.65. The summed E-state index contributed by atoms with van der Waals surface area (Å²) in [7, 11) is 0. The van der Waals surface area contributed by atoms with E-state index in [0.29, 0.717) is 0 Å². The number of fused-ring (bicyclic) bond motifs is 3. The first-order valence-corrected chi connectivity index (χ1v) is 16.9. The van der Waals surface area contributed by atoms with Gasteiger partial charge < -0.3 is 24.8 Å². The van der Waals surface area contributed by atoms with Crippen molar-refractivity contribution in [2.24, 2.45) is 0 Å². The molecule has 44 heavy (non-hydrogen) atoms. The van der Waals surface area contributed by atoms with Gasteiger partial charge in [0, 0.05) is 0 Å². The third kappa shape index (κ3) is 11.2. The van der Waals surface area contributed by atoms with E-state index in [1.54, 1.807) is 3.26 Å². The van der Waals surface area contributed by atoms with Gasteiger partial charge in [0.05, 0.1) is 0 Å². The summed E-state index contributed by atoms with van der Waals surface area (Å²) in [5.41, 5.74) is 11.6. The van der Waals surface area contributed by atoms with Crippen molar-refractivity contribution in [1.82, 2.24) is 0 Å². The SMILES string of the molecule is CC(C)(C)c1[c-]c2c(cc1)-c1ccc(C(C)(C)C)cc1C2.[C-]1=CC=CC1.[Cl-].[Cl-].[Hf+2]=[C](Cc1ccccc1)Cc1ccccc1. The monoisotopic (exact) mass is 786 g/mol. The Morgan fingerprint density at radius 1 is 0.705 bits per heavy atom. The third-order valence-corrected chi connectivity index (χ3v) is 8.84. The van der Waals surface area contributed by atoms with E-state index in [-0.39, 0.29) is 35.6 Å². The van der Waals surface area contributed by atoms with Crippen molar-refractivity contribution in [2.45, 2.75) is 78.1 Å². The molecule has 4 aromatic rings. The summed E-state index contributed by atoms with van der Waals surface area (Å²) in [6, 6.07) is 36.6. The molecule has 0 nitrogen and oxygen atoms in total.